The fourth-order valence-electron chi connectivity index (χ4n) is 2.25. The van der Waals surface area contributed by atoms with Gasteiger partial charge in [0.2, 0.25) is 17.5 Å². The molecule has 7 nitrogen and oxygen atoms in total. The lowest BCUT2D eigenvalue weighted by molar-refractivity contribution is -0.142. The van der Waals surface area contributed by atoms with Gasteiger partial charge in [-0.2, -0.15) is 4.98 Å². The van der Waals surface area contributed by atoms with Crippen LogP contribution in [0.4, 0.5) is 0 Å². The van der Waals surface area contributed by atoms with Crippen LogP contribution < -0.4 is 0 Å². The van der Waals surface area contributed by atoms with Crippen molar-refractivity contribution in [3.8, 4) is 11.6 Å². The molecule has 0 spiro atoms. The number of aliphatic carboxylic acids is 1. The Morgan fingerprint density at radius 3 is 2.70 bits per heavy atom. The maximum absolute atomic E-state index is 11.3. The molecule has 2 aromatic heterocycles. The molecule has 1 aliphatic carbocycles. The zero-order chi connectivity index (χ0) is 13.9. The highest BCUT2D eigenvalue weighted by atomic mass is 16.5. The van der Waals surface area contributed by atoms with Gasteiger partial charge in [0.15, 0.2) is 0 Å². The molecule has 2 heterocycles. The molecule has 1 aliphatic rings. The SMILES string of the molecule is O=C(O)[C@H]1CC=CC[C@H]1c1nc(-c2ncccn2)no1. The predicted molar refractivity (Wildman–Crippen MR) is 67.6 cm³/mol. The van der Waals surface area contributed by atoms with Crippen molar-refractivity contribution >= 4 is 5.97 Å². The molecule has 0 unspecified atom stereocenters. The second-order valence-corrected chi connectivity index (χ2v) is 4.52. The Morgan fingerprint density at radius 1 is 1.20 bits per heavy atom. The van der Waals surface area contributed by atoms with Crippen LogP contribution in [0.3, 0.4) is 0 Å². The summed E-state index contributed by atoms with van der Waals surface area (Å²) in [6.45, 7) is 0. The highest BCUT2D eigenvalue weighted by Crippen LogP contribution is 2.34. The maximum Gasteiger partial charge on any atom is 0.307 e. The van der Waals surface area contributed by atoms with Gasteiger partial charge in [-0.15, -0.1) is 0 Å². The van der Waals surface area contributed by atoms with E-state index in [1.807, 2.05) is 12.2 Å². The minimum Gasteiger partial charge on any atom is -0.481 e. The standard InChI is InChI=1S/C13H12N4O3/c18-13(19)9-5-2-1-4-8(9)12-16-11(17-20-12)10-14-6-3-7-15-10/h1-3,6-9H,4-5H2,(H,18,19)/t8-,9+/m1/s1. The van der Waals surface area contributed by atoms with Gasteiger partial charge < -0.3 is 9.63 Å². The van der Waals surface area contributed by atoms with Crippen molar-refractivity contribution in [1.82, 2.24) is 20.1 Å². The molecule has 0 amide bonds. The number of hydrogen-bond acceptors (Lipinski definition) is 6. The highest BCUT2D eigenvalue weighted by Gasteiger charge is 2.34. The van der Waals surface area contributed by atoms with E-state index in [4.69, 9.17) is 4.52 Å². The van der Waals surface area contributed by atoms with Crippen molar-refractivity contribution < 1.29 is 14.4 Å². The Morgan fingerprint density at radius 2 is 1.95 bits per heavy atom. The first kappa shape index (κ1) is 12.5. The van der Waals surface area contributed by atoms with Crippen molar-refractivity contribution in [3.05, 3.63) is 36.5 Å². The predicted octanol–water partition coefficient (Wildman–Crippen LogP) is 1.66. The number of hydrogen-bond donors (Lipinski definition) is 1. The average molecular weight is 272 g/mol. The van der Waals surface area contributed by atoms with E-state index in [1.54, 1.807) is 18.5 Å². The smallest absolute Gasteiger partial charge is 0.307 e. The topological polar surface area (TPSA) is 102 Å². The van der Waals surface area contributed by atoms with E-state index in [9.17, 15) is 9.90 Å². The maximum atomic E-state index is 11.3. The fourth-order valence-corrected chi connectivity index (χ4v) is 2.25. The molecule has 2 atom stereocenters. The Bertz CT molecular complexity index is 638. The Balaban J connectivity index is 1.90. The summed E-state index contributed by atoms with van der Waals surface area (Å²) in [4.78, 5) is 23.6. The summed E-state index contributed by atoms with van der Waals surface area (Å²) in [5.41, 5.74) is 0. The number of nitrogens with zero attached hydrogens (tertiary/aromatic N) is 4. The lowest BCUT2D eigenvalue weighted by Gasteiger charge is -2.21. The first-order valence-electron chi connectivity index (χ1n) is 6.24. The third kappa shape index (κ3) is 2.29. The summed E-state index contributed by atoms with van der Waals surface area (Å²) in [6.07, 6.45) is 8.03. The van der Waals surface area contributed by atoms with E-state index < -0.39 is 11.9 Å². The number of carboxylic acids is 1. The Kier molecular flexibility index (Phi) is 3.24. The van der Waals surface area contributed by atoms with Crippen LogP contribution in [0, 0.1) is 5.92 Å². The lowest BCUT2D eigenvalue weighted by Crippen LogP contribution is -2.23. The number of aromatic nitrogens is 4. The van der Waals surface area contributed by atoms with Crippen LogP contribution in [0.15, 0.2) is 35.1 Å². The number of rotatable bonds is 3. The van der Waals surface area contributed by atoms with E-state index in [-0.39, 0.29) is 11.7 Å². The van der Waals surface area contributed by atoms with E-state index in [0.29, 0.717) is 24.6 Å². The molecule has 3 rings (SSSR count). The molecule has 0 saturated heterocycles. The zero-order valence-corrected chi connectivity index (χ0v) is 10.5. The molecule has 0 saturated carbocycles. The van der Waals surface area contributed by atoms with Gasteiger partial charge in [0.05, 0.1) is 11.8 Å². The van der Waals surface area contributed by atoms with Crippen LogP contribution in [-0.2, 0) is 4.79 Å². The minimum absolute atomic E-state index is 0.277. The van der Waals surface area contributed by atoms with Crippen LogP contribution in [0.1, 0.15) is 24.7 Å². The van der Waals surface area contributed by atoms with Crippen LogP contribution in [0.25, 0.3) is 11.6 Å². The molecule has 0 bridgehead atoms. The molecule has 20 heavy (non-hydrogen) atoms. The first-order chi connectivity index (χ1) is 9.75. The van der Waals surface area contributed by atoms with Crippen LogP contribution >= 0.6 is 0 Å². The molecular weight excluding hydrogens is 260 g/mol. The molecule has 0 radical (unpaired) electrons. The van der Waals surface area contributed by atoms with E-state index in [2.05, 4.69) is 20.1 Å². The average Bonchev–Trinajstić information content (AvgIpc) is 2.98. The monoisotopic (exact) mass is 272 g/mol. The van der Waals surface area contributed by atoms with E-state index in [1.165, 1.54) is 0 Å². The van der Waals surface area contributed by atoms with Crippen molar-refractivity contribution in [2.75, 3.05) is 0 Å². The number of carboxylic acid groups (broad SMARTS) is 1. The van der Waals surface area contributed by atoms with Crippen molar-refractivity contribution in [3.63, 3.8) is 0 Å². The van der Waals surface area contributed by atoms with Gasteiger partial charge in [-0.25, -0.2) is 9.97 Å². The molecule has 7 heteroatoms. The summed E-state index contributed by atoms with van der Waals surface area (Å²) < 4.78 is 5.20. The Hall–Kier alpha value is -2.57. The van der Waals surface area contributed by atoms with Crippen LogP contribution in [0.5, 0.6) is 0 Å². The molecule has 0 aliphatic heterocycles. The molecular formula is C13H12N4O3. The second-order valence-electron chi connectivity index (χ2n) is 4.52. The van der Waals surface area contributed by atoms with E-state index in [0.717, 1.165) is 0 Å². The fraction of sp³-hybridized carbons (Fsp3) is 0.308. The summed E-state index contributed by atoms with van der Waals surface area (Å²) in [7, 11) is 0. The number of allylic oxidation sites excluding steroid dienone is 2. The third-order valence-electron chi connectivity index (χ3n) is 3.27. The van der Waals surface area contributed by atoms with Gasteiger partial charge in [0.1, 0.15) is 0 Å². The van der Waals surface area contributed by atoms with Crippen LogP contribution in [-0.4, -0.2) is 31.2 Å². The zero-order valence-electron chi connectivity index (χ0n) is 10.5. The van der Waals surface area contributed by atoms with Gasteiger partial charge in [-0.3, -0.25) is 4.79 Å². The van der Waals surface area contributed by atoms with Crippen molar-refractivity contribution in [2.24, 2.45) is 5.92 Å². The first-order valence-corrected chi connectivity index (χ1v) is 6.24. The molecule has 2 aromatic rings. The van der Waals surface area contributed by atoms with Gasteiger partial charge in [0.25, 0.3) is 0 Å². The lowest BCUT2D eigenvalue weighted by atomic mass is 9.83. The van der Waals surface area contributed by atoms with Gasteiger partial charge in [0, 0.05) is 12.4 Å². The second kappa shape index (κ2) is 5.20. The third-order valence-corrected chi connectivity index (χ3v) is 3.27. The highest BCUT2D eigenvalue weighted by molar-refractivity contribution is 5.71. The molecule has 1 N–H and O–H groups in total. The summed E-state index contributed by atoms with van der Waals surface area (Å²) in [5, 5.41) is 13.1. The summed E-state index contributed by atoms with van der Waals surface area (Å²) in [6, 6.07) is 1.69. The minimum atomic E-state index is -0.852. The molecule has 0 fully saturated rings. The summed E-state index contributed by atoms with van der Waals surface area (Å²) in [5.74, 6) is -0.730. The van der Waals surface area contributed by atoms with Crippen LogP contribution in [0.2, 0.25) is 0 Å². The quantitative estimate of drug-likeness (QED) is 0.847. The van der Waals surface area contributed by atoms with E-state index >= 15 is 0 Å². The normalized spacial score (nSPS) is 21.8. The Labute approximate surface area is 114 Å². The van der Waals surface area contributed by atoms with Gasteiger partial charge >= 0.3 is 5.97 Å². The van der Waals surface area contributed by atoms with Gasteiger partial charge in [-0.1, -0.05) is 17.3 Å². The molecule has 102 valence electrons. The molecule has 0 aromatic carbocycles. The van der Waals surface area contributed by atoms with Crippen molar-refractivity contribution in [1.29, 1.82) is 0 Å². The number of carbonyl (C=O) groups is 1. The van der Waals surface area contributed by atoms with Gasteiger partial charge in [-0.05, 0) is 18.9 Å². The largest absolute Gasteiger partial charge is 0.481 e. The summed E-state index contributed by atoms with van der Waals surface area (Å²) >= 11 is 0. The van der Waals surface area contributed by atoms with Crippen molar-refractivity contribution in [2.45, 2.75) is 18.8 Å².